The zero-order chi connectivity index (χ0) is 15.9. The Morgan fingerprint density at radius 2 is 1.32 bits per heavy atom. The van der Waals surface area contributed by atoms with E-state index in [9.17, 15) is 9.59 Å². The molecule has 0 heterocycles. The third-order valence-electron chi connectivity index (χ3n) is 3.19. The zero-order valence-corrected chi connectivity index (χ0v) is 13.9. The van der Waals surface area contributed by atoms with Gasteiger partial charge in [0, 0.05) is 27.3 Å². The van der Waals surface area contributed by atoms with E-state index in [2.05, 4.69) is 0 Å². The number of alkyl halides is 1. The van der Waals surface area contributed by atoms with Crippen LogP contribution in [0.1, 0.15) is 40.5 Å². The number of hydrogen-bond donors (Lipinski definition) is 0. The van der Waals surface area contributed by atoms with Gasteiger partial charge in [0.15, 0.2) is 11.6 Å². The second-order valence-corrected chi connectivity index (χ2v) is 6.29. The molecule has 22 heavy (non-hydrogen) atoms. The van der Waals surface area contributed by atoms with E-state index in [1.165, 1.54) is 0 Å². The van der Waals surface area contributed by atoms with Crippen LogP contribution in [-0.2, 0) is 0 Å². The molecule has 2 rings (SSSR count). The van der Waals surface area contributed by atoms with Crippen molar-refractivity contribution in [3.8, 4) is 0 Å². The molecule has 0 aromatic heterocycles. The first kappa shape index (κ1) is 16.8. The lowest BCUT2D eigenvalue weighted by Crippen LogP contribution is -1.99. The minimum Gasteiger partial charge on any atom is -0.294 e. The highest BCUT2D eigenvalue weighted by atomic mass is 35.5. The number of ketones is 2. The molecule has 0 saturated heterocycles. The fourth-order valence-electron chi connectivity index (χ4n) is 2.00. The van der Waals surface area contributed by atoms with Gasteiger partial charge in [0.1, 0.15) is 0 Å². The van der Waals surface area contributed by atoms with Gasteiger partial charge in [-0.3, -0.25) is 9.59 Å². The Morgan fingerprint density at radius 3 is 1.73 bits per heavy atom. The molecule has 0 atom stereocenters. The van der Waals surface area contributed by atoms with Crippen molar-refractivity contribution in [1.82, 2.24) is 0 Å². The monoisotopic (exact) mass is 332 g/mol. The van der Waals surface area contributed by atoms with E-state index < -0.39 is 0 Å². The number of benzene rings is 2. The van der Waals surface area contributed by atoms with Crippen LogP contribution in [0.25, 0.3) is 0 Å². The third kappa shape index (κ3) is 4.46. The van der Waals surface area contributed by atoms with E-state index in [0.29, 0.717) is 12.0 Å². The number of Topliss-reactive ketones (excluding diaryl/α,β-unsaturated/α-hetero) is 2. The van der Waals surface area contributed by atoms with Gasteiger partial charge < -0.3 is 0 Å². The summed E-state index contributed by atoms with van der Waals surface area (Å²) in [7, 11) is 0. The Morgan fingerprint density at radius 1 is 0.864 bits per heavy atom. The number of halogens is 1. The molecule has 0 spiro atoms. The highest BCUT2D eigenvalue weighted by Crippen LogP contribution is 2.28. The van der Waals surface area contributed by atoms with Gasteiger partial charge in [-0.2, -0.15) is 0 Å². The summed E-state index contributed by atoms with van der Waals surface area (Å²) in [5, 5.41) is 0. The van der Waals surface area contributed by atoms with E-state index in [4.69, 9.17) is 11.6 Å². The van der Waals surface area contributed by atoms with E-state index in [0.717, 1.165) is 21.8 Å². The van der Waals surface area contributed by atoms with Crippen molar-refractivity contribution in [3.05, 3.63) is 59.7 Å². The highest BCUT2D eigenvalue weighted by molar-refractivity contribution is 7.99. The van der Waals surface area contributed by atoms with Crippen molar-refractivity contribution in [2.75, 3.05) is 5.88 Å². The van der Waals surface area contributed by atoms with Gasteiger partial charge in [-0.1, -0.05) is 43.0 Å². The summed E-state index contributed by atoms with van der Waals surface area (Å²) in [6.45, 7) is 2.00. The smallest absolute Gasteiger partial charge is 0.177 e. The van der Waals surface area contributed by atoms with E-state index in [-0.39, 0.29) is 17.4 Å². The van der Waals surface area contributed by atoms with Crippen molar-refractivity contribution in [2.24, 2.45) is 0 Å². The van der Waals surface area contributed by atoms with Gasteiger partial charge in [-0.25, -0.2) is 0 Å². The van der Waals surface area contributed by atoms with E-state index in [1.54, 1.807) is 23.9 Å². The lowest BCUT2D eigenvalue weighted by Gasteiger charge is -2.04. The summed E-state index contributed by atoms with van der Waals surface area (Å²) in [6, 6.07) is 15.0. The van der Waals surface area contributed by atoms with Gasteiger partial charge in [0.25, 0.3) is 0 Å². The van der Waals surface area contributed by atoms with Crippen LogP contribution in [0.5, 0.6) is 0 Å². The molecule has 0 aliphatic heterocycles. The quantitative estimate of drug-likeness (QED) is 0.513. The van der Waals surface area contributed by atoms with Crippen molar-refractivity contribution < 1.29 is 9.59 Å². The predicted molar refractivity (Wildman–Crippen MR) is 91.3 cm³/mol. The number of carbonyl (C=O) groups is 2. The molecular formula is C18H17ClO2S. The van der Waals surface area contributed by atoms with Gasteiger partial charge >= 0.3 is 0 Å². The van der Waals surface area contributed by atoms with Gasteiger partial charge in [0.2, 0.25) is 0 Å². The van der Waals surface area contributed by atoms with Crippen molar-refractivity contribution in [2.45, 2.75) is 29.6 Å². The maximum atomic E-state index is 11.8. The molecule has 0 amide bonds. The Balaban J connectivity index is 2.04. The Hall–Kier alpha value is -1.58. The zero-order valence-electron chi connectivity index (χ0n) is 12.3. The first-order chi connectivity index (χ1) is 10.6. The first-order valence-corrected chi connectivity index (χ1v) is 8.49. The van der Waals surface area contributed by atoms with Gasteiger partial charge in [0.05, 0.1) is 5.88 Å². The van der Waals surface area contributed by atoms with Crippen LogP contribution in [0.4, 0.5) is 0 Å². The average molecular weight is 333 g/mol. The molecule has 0 radical (unpaired) electrons. The third-order valence-corrected chi connectivity index (χ3v) is 4.45. The molecule has 114 valence electrons. The Labute approximate surface area is 139 Å². The van der Waals surface area contributed by atoms with Crippen LogP contribution >= 0.6 is 23.4 Å². The Bertz CT molecular complexity index is 648. The van der Waals surface area contributed by atoms with E-state index in [1.807, 2.05) is 43.3 Å². The molecule has 2 nitrogen and oxygen atoms in total. The van der Waals surface area contributed by atoms with Gasteiger partial charge in [-0.05, 0) is 30.7 Å². The molecule has 0 unspecified atom stereocenters. The van der Waals surface area contributed by atoms with E-state index >= 15 is 0 Å². The lowest BCUT2D eigenvalue weighted by molar-refractivity contribution is 0.0980. The standard InChI is InChI=1S/C18H17ClO2S/c1-2-3-17(20)13-4-8-15(9-5-13)22-16-10-6-14(7-11-16)18(21)12-19/h4-11H,2-3,12H2,1H3. The summed E-state index contributed by atoms with van der Waals surface area (Å²) in [5.74, 6) is 0.111. The summed E-state index contributed by atoms with van der Waals surface area (Å²) < 4.78 is 0. The fourth-order valence-corrected chi connectivity index (χ4v) is 2.97. The molecule has 2 aromatic rings. The summed E-state index contributed by atoms with van der Waals surface area (Å²) >= 11 is 7.13. The fraction of sp³-hybridized carbons (Fsp3) is 0.222. The molecule has 0 fully saturated rings. The molecule has 4 heteroatoms. The minimum absolute atomic E-state index is 0.000258. The SMILES string of the molecule is CCCC(=O)c1ccc(Sc2ccc(C(=O)CCl)cc2)cc1. The van der Waals surface area contributed by atoms with Crippen LogP contribution in [0.3, 0.4) is 0 Å². The van der Waals surface area contributed by atoms with Crippen LogP contribution in [0.2, 0.25) is 0 Å². The molecule has 0 aliphatic rings. The number of hydrogen-bond acceptors (Lipinski definition) is 3. The van der Waals surface area contributed by atoms with Crippen molar-refractivity contribution in [3.63, 3.8) is 0 Å². The van der Waals surface area contributed by atoms with Crippen LogP contribution in [0.15, 0.2) is 58.3 Å². The molecule has 0 saturated carbocycles. The van der Waals surface area contributed by atoms with Crippen molar-refractivity contribution >= 4 is 34.9 Å². The molecule has 0 N–H and O–H groups in total. The number of carbonyl (C=O) groups excluding carboxylic acids is 2. The molecular weight excluding hydrogens is 316 g/mol. The second kappa shape index (κ2) is 8.16. The van der Waals surface area contributed by atoms with Crippen molar-refractivity contribution in [1.29, 1.82) is 0 Å². The van der Waals surface area contributed by atoms with Gasteiger partial charge in [-0.15, -0.1) is 11.6 Å². The minimum atomic E-state index is -0.0722. The number of rotatable bonds is 7. The lowest BCUT2D eigenvalue weighted by atomic mass is 10.1. The molecule has 2 aromatic carbocycles. The maximum Gasteiger partial charge on any atom is 0.177 e. The molecule has 0 aliphatic carbocycles. The summed E-state index contributed by atoms with van der Waals surface area (Å²) in [6.07, 6.45) is 1.45. The highest BCUT2D eigenvalue weighted by Gasteiger charge is 2.06. The summed E-state index contributed by atoms with van der Waals surface area (Å²) in [5.41, 5.74) is 1.38. The normalized spacial score (nSPS) is 10.5. The van der Waals surface area contributed by atoms with Crippen LogP contribution in [0, 0.1) is 0 Å². The predicted octanol–water partition coefficient (Wildman–Crippen LogP) is 5.24. The van der Waals surface area contributed by atoms with Crippen LogP contribution in [-0.4, -0.2) is 17.4 Å². The largest absolute Gasteiger partial charge is 0.294 e. The summed E-state index contributed by atoms with van der Waals surface area (Å²) in [4.78, 5) is 25.4. The topological polar surface area (TPSA) is 34.1 Å². The Kier molecular flexibility index (Phi) is 6.22. The molecule has 0 bridgehead atoms. The average Bonchev–Trinajstić information content (AvgIpc) is 2.55. The second-order valence-electron chi connectivity index (χ2n) is 4.88. The first-order valence-electron chi connectivity index (χ1n) is 7.14. The maximum absolute atomic E-state index is 11.8. The van der Waals surface area contributed by atoms with Crippen LogP contribution < -0.4 is 0 Å².